The van der Waals surface area contributed by atoms with E-state index in [1.165, 1.54) is 30.3 Å². The number of ether oxygens (including phenoxy) is 1. The van der Waals surface area contributed by atoms with Crippen LogP contribution in [0.15, 0.2) is 53.5 Å². The molecule has 2 aromatic rings. The van der Waals surface area contributed by atoms with Crippen molar-refractivity contribution in [2.24, 2.45) is 4.99 Å². The lowest BCUT2D eigenvalue weighted by molar-refractivity contribution is -0.384. The topological polar surface area (TPSA) is 109 Å². The van der Waals surface area contributed by atoms with Crippen molar-refractivity contribution < 1.29 is 19.2 Å². The second-order valence-electron chi connectivity index (χ2n) is 7.58. The van der Waals surface area contributed by atoms with Gasteiger partial charge in [0.05, 0.1) is 11.5 Å². The van der Waals surface area contributed by atoms with Gasteiger partial charge in [0.2, 0.25) is 0 Å². The molecular formula is C22H28FIN4O4. The van der Waals surface area contributed by atoms with Crippen molar-refractivity contribution in [1.29, 1.82) is 0 Å². The Kier molecular flexibility index (Phi) is 9.63. The van der Waals surface area contributed by atoms with Crippen molar-refractivity contribution in [3.8, 4) is 5.75 Å². The summed E-state index contributed by atoms with van der Waals surface area (Å²) in [5, 5.41) is 27.1. The zero-order valence-electron chi connectivity index (χ0n) is 17.8. The van der Waals surface area contributed by atoms with Crippen LogP contribution in [0.2, 0.25) is 0 Å². The molecule has 1 aliphatic rings. The summed E-state index contributed by atoms with van der Waals surface area (Å²) in [6, 6.07) is 12.3. The second kappa shape index (κ2) is 12.0. The van der Waals surface area contributed by atoms with Crippen LogP contribution < -0.4 is 15.4 Å². The second-order valence-corrected chi connectivity index (χ2v) is 7.58. The Morgan fingerprint density at radius 1 is 1.28 bits per heavy atom. The van der Waals surface area contributed by atoms with Crippen LogP contribution >= 0.6 is 24.0 Å². The highest BCUT2D eigenvalue weighted by Gasteiger charge is 2.44. The molecule has 3 rings (SSSR count). The van der Waals surface area contributed by atoms with E-state index in [1.54, 1.807) is 12.1 Å². The molecule has 1 atom stereocenters. The molecule has 3 N–H and O–H groups in total. The molecule has 174 valence electrons. The summed E-state index contributed by atoms with van der Waals surface area (Å²) < 4.78 is 19.1. The van der Waals surface area contributed by atoms with Crippen LogP contribution in [0.5, 0.6) is 5.75 Å². The third kappa shape index (κ3) is 7.30. The number of guanidine groups is 1. The number of aliphatic hydroxyl groups excluding tert-OH is 1. The lowest BCUT2D eigenvalue weighted by Gasteiger charge is -2.18. The Balaban J connectivity index is 0.00000363. The molecule has 0 radical (unpaired) electrons. The van der Waals surface area contributed by atoms with E-state index < -0.39 is 11.0 Å². The quantitative estimate of drug-likeness (QED) is 0.136. The molecule has 10 heteroatoms. The number of nitro benzene ring substituents is 1. The van der Waals surface area contributed by atoms with E-state index in [0.29, 0.717) is 24.8 Å². The van der Waals surface area contributed by atoms with Crippen molar-refractivity contribution in [3.05, 3.63) is 70.0 Å². The van der Waals surface area contributed by atoms with E-state index in [4.69, 9.17) is 4.74 Å². The Bertz CT molecular complexity index is 922. The third-order valence-corrected chi connectivity index (χ3v) is 5.17. The van der Waals surface area contributed by atoms with Crippen molar-refractivity contribution in [3.63, 3.8) is 0 Å². The molecule has 1 saturated carbocycles. The average Bonchev–Trinajstić information content (AvgIpc) is 3.56. The van der Waals surface area contributed by atoms with Crippen molar-refractivity contribution in [1.82, 2.24) is 10.6 Å². The number of nitro groups is 1. The van der Waals surface area contributed by atoms with Crippen LogP contribution in [0, 0.1) is 15.9 Å². The number of non-ortho nitro benzene ring substituents is 1. The van der Waals surface area contributed by atoms with Gasteiger partial charge < -0.3 is 20.5 Å². The molecule has 2 aromatic carbocycles. The third-order valence-electron chi connectivity index (χ3n) is 5.17. The normalized spacial score (nSPS) is 15.3. The van der Waals surface area contributed by atoms with E-state index in [2.05, 4.69) is 15.6 Å². The van der Waals surface area contributed by atoms with Crippen LogP contribution in [0.25, 0.3) is 0 Å². The first-order chi connectivity index (χ1) is 14.9. The molecule has 0 saturated heterocycles. The van der Waals surface area contributed by atoms with Gasteiger partial charge in [0, 0.05) is 30.6 Å². The first-order valence-corrected chi connectivity index (χ1v) is 10.3. The molecular weight excluding hydrogens is 530 g/mol. The Hall–Kier alpha value is -2.47. The minimum absolute atomic E-state index is 0. The van der Waals surface area contributed by atoms with Crippen LogP contribution in [-0.4, -0.2) is 48.3 Å². The van der Waals surface area contributed by atoms with Crippen molar-refractivity contribution in [2.45, 2.75) is 31.3 Å². The molecule has 1 aliphatic carbocycles. The lowest BCUT2D eigenvalue weighted by Crippen LogP contribution is -2.43. The molecule has 32 heavy (non-hydrogen) atoms. The number of nitrogens with one attached hydrogen (secondary N) is 2. The van der Waals surface area contributed by atoms with E-state index in [9.17, 15) is 19.6 Å². The summed E-state index contributed by atoms with van der Waals surface area (Å²) in [4.78, 5) is 14.8. The van der Waals surface area contributed by atoms with Crippen LogP contribution in [0.4, 0.5) is 10.1 Å². The molecule has 1 unspecified atom stereocenters. The van der Waals surface area contributed by atoms with Gasteiger partial charge in [-0.1, -0.05) is 12.1 Å². The molecule has 0 bridgehead atoms. The van der Waals surface area contributed by atoms with Gasteiger partial charge in [-0.05, 0) is 49.6 Å². The van der Waals surface area contributed by atoms with Crippen molar-refractivity contribution in [2.75, 3.05) is 26.2 Å². The van der Waals surface area contributed by atoms with Crippen LogP contribution in [0.1, 0.15) is 25.3 Å². The molecule has 1 fully saturated rings. The van der Waals surface area contributed by atoms with E-state index in [-0.39, 0.29) is 54.0 Å². The molecule has 0 aromatic heterocycles. The Labute approximate surface area is 203 Å². The fourth-order valence-electron chi connectivity index (χ4n) is 3.21. The number of aliphatic hydroxyl groups is 1. The number of hydrogen-bond donors (Lipinski definition) is 3. The number of halogens is 2. The number of benzene rings is 2. The predicted octanol–water partition coefficient (Wildman–Crippen LogP) is 3.38. The van der Waals surface area contributed by atoms with Gasteiger partial charge in [0.15, 0.2) is 5.96 Å². The number of hydrogen-bond acceptors (Lipinski definition) is 5. The molecule has 8 nitrogen and oxygen atoms in total. The highest BCUT2D eigenvalue weighted by Crippen LogP contribution is 2.48. The largest absolute Gasteiger partial charge is 0.491 e. The monoisotopic (exact) mass is 558 g/mol. The first-order valence-electron chi connectivity index (χ1n) is 10.3. The van der Waals surface area contributed by atoms with E-state index in [1.807, 2.05) is 13.0 Å². The first kappa shape index (κ1) is 25.8. The van der Waals surface area contributed by atoms with Crippen LogP contribution in [-0.2, 0) is 5.41 Å². The van der Waals surface area contributed by atoms with E-state index in [0.717, 1.165) is 18.4 Å². The summed E-state index contributed by atoms with van der Waals surface area (Å²) >= 11 is 0. The van der Waals surface area contributed by atoms with Crippen LogP contribution in [0.3, 0.4) is 0 Å². The summed E-state index contributed by atoms with van der Waals surface area (Å²) in [6.07, 6.45) is 1.12. The summed E-state index contributed by atoms with van der Waals surface area (Å²) in [6.45, 7) is 3.38. The SMILES string of the molecule is CCNC(=NCC1(c2cccc(F)c2)CC1)NCC(O)COc1ccc([N+](=O)[O-])cc1.I. The van der Waals surface area contributed by atoms with Gasteiger partial charge in [0.1, 0.15) is 24.3 Å². The zero-order valence-corrected chi connectivity index (χ0v) is 20.1. The molecule has 0 aliphatic heterocycles. The van der Waals surface area contributed by atoms with E-state index >= 15 is 0 Å². The average molecular weight is 558 g/mol. The predicted molar refractivity (Wildman–Crippen MR) is 131 cm³/mol. The maximum Gasteiger partial charge on any atom is 0.269 e. The fraction of sp³-hybridized carbons (Fsp3) is 0.409. The lowest BCUT2D eigenvalue weighted by atomic mass is 9.96. The van der Waals surface area contributed by atoms with Gasteiger partial charge in [-0.25, -0.2) is 4.39 Å². The summed E-state index contributed by atoms with van der Waals surface area (Å²) in [5.41, 5.74) is 0.818. The minimum atomic E-state index is -0.808. The Morgan fingerprint density at radius 3 is 2.59 bits per heavy atom. The van der Waals surface area contributed by atoms with Gasteiger partial charge in [-0.3, -0.25) is 15.1 Å². The summed E-state index contributed by atoms with van der Waals surface area (Å²) in [7, 11) is 0. The highest BCUT2D eigenvalue weighted by molar-refractivity contribution is 14.0. The number of rotatable bonds is 10. The highest BCUT2D eigenvalue weighted by atomic mass is 127. The fourth-order valence-corrected chi connectivity index (χ4v) is 3.21. The number of nitrogens with zero attached hydrogens (tertiary/aromatic N) is 2. The van der Waals surface area contributed by atoms with Gasteiger partial charge >= 0.3 is 0 Å². The molecule has 0 amide bonds. The molecule has 0 heterocycles. The maximum absolute atomic E-state index is 13.6. The van der Waals surface area contributed by atoms with Gasteiger partial charge in [0.25, 0.3) is 5.69 Å². The van der Waals surface area contributed by atoms with Gasteiger partial charge in [-0.2, -0.15) is 0 Å². The maximum atomic E-state index is 13.6. The number of aliphatic imine (C=N–C) groups is 1. The smallest absolute Gasteiger partial charge is 0.269 e. The molecule has 0 spiro atoms. The Morgan fingerprint density at radius 2 is 2.00 bits per heavy atom. The zero-order chi connectivity index (χ0) is 22.3. The summed E-state index contributed by atoms with van der Waals surface area (Å²) in [5.74, 6) is 0.768. The minimum Gasteiger partial charge on any atom is -0.491 e. The van der Waals surface area contributed by atoms with Gasteiger partial charge in [-0.15, -0.1) is 24.0 Å². The van der Waals surface area contributed by atoms with Crippen molar-refractivity contribution >= 4 is 35.6 Å². The standard InChI is InChI=1S/C22H27FN4O4.HI/c1-2-24-21(26-15-22(10-11-22)16-4-3-5-17(23)12-16)25-13-19(28)14-31-20-8-6-18(7-9-20)27(29)30;/h3-9,12,19,28H,2,10-11,13-15H2,1H3,(H2,24,25,26);1H.